The summed E-state index contributed by atoms with van der Waals surface area (Å²) in [6.07, 6.45) is 1.06. The summed E-state index contributed by atoms with van der Waals surface area (Å²) in [5, 5.41) is 7.36. The fraction of sp³-hybridized carbons (Fsp3) is 0.545. The van der Waals surface area contributed by atoms with Gasteiger partial charge in [-0.15, -0.1) is 0 Å². The number of hydrogen-bond donors (Lipinski definition) is 2. The van der Waals surface area contributed by atoms with Gasteiger partial charge in [0.1, 0.15) is 10.7 Å². The molecule has 0 aliphatic carbocycles. The van der Waals surface area contributed by atoms with Crippen molar-refractivity contribution in [1.29, 1.82) is 0 Å². The average Bonchev–Trinajstić information content (AvgIpc) is 2.66. The summed E-state index contributed by atoms with van der Waals surface area (Å²) in [4.78, 5) is 11.6. The topological polar surface area (TPSA) is 137 Å². The zero-order chi connectivity index (χ0) is 16.6. The summed E-state index contributed by atoms with van der Waals surface area (Å²) in [5.74, 6) is -0.976. The monoisotopic (exact) mass is 338 g/mol. The Bertz CT molecular complexity index is 759. The van der Waals surface area contributed by atoms with Crippen LogP contribution in [-0.4, -0.2) is 40.3 Å². The normalized spacial score (nSPS) is 13.2. The Morgan fingerprint density at radius 2 is 1.86 bits per heavy atom. The second kappa shape index (κ2) is 5.43. The molecular weight excluding hydrogens is 320 g/mol. The number of nitrogens with two attached hydrogens (primary N) is 1. The van der Waals surface area contributed by atoms with E-state index in [4.69, 9.17) is 9.56 Å². The Labute approximate surface area is 123 Å². The van der Waals surface area contributed by atoms with Crippen LogP contribution in [0.25, 0.3) is 0 Å². The number of sulfonamides is 1. The zero-order valence-corrected chi connectivity index (χ0v) is 13.8. The maximum Gasteiger partial charge on any atom is 0.287 e. The number of hydrogen-bond acceptors (Lipinski definition) is 6. The van der Waals surface area contributed by atoms with E-state index in [9.17, 15) is 21.6 Å². The van der Waals surface area contributed by atoms with Crippen molar-refractivity contribution in [2.75, 3.05) is 12.8 Å². The number of amides is 1. The second-order valence-corrected chi connectivity index (χ2v) is 9.47. The van der Waals surface area contributed by atoms with E-state index in [1.165, 1.54) is 20.8 Å². The number of nitrogens with one attached hydrogen (secondary N) is 1. The van der Waals surface area contributed by atoms with Crippen molar-refractivity contribution in [3.63, 3.8) is 0 Å². The van der Waals surface area contributed by atoms with Crippen LogP contribution in [0.2, 0.25) is 0 Å². The smallest absolute Gasteiger partial charge is 0.287 e. The minimum atomic E-state index is -3.98. The molecule has 0 spiro atoms. The number of carbonyl (C=O) groups is 1. The Hall–Kier alpha value is -1.39. The van der Waals surface area contributed by atoms with E-state index in [1.54, 1.807) is 0 Å². The lowest BCUT2D eigenvalue weighted by Crippen LogP contribution is -2.43. The lowest BCUT2D eigenvalue weighted by atomic mass is 10.2. The molecule has 1 amide bonds. The van der Waals surface area contributed by atoms with E-state index in [1.807, 2.05) is 0 Å². The summed E-state index contributed by atoms with van der Waals surface area (Å²) < 4.78 is 49.4. The largest absolute Gasteiger partial charge is 0.455 e. The molecule has 10 heteroatoms. The lowest BCUT2D eigenvalue weighted by Gasteiger charge is -2.22. The SMILES string of the molecule is Cc1oc(C(=O)NCC(C)(C)S(C)(=O)=O)cc1S(N)(=O)=O. The van der Waals surface area contributed by atoms with Gasteiger partial charge in [-0.3, -0.25) is 4.79 Å². The number of aryl methyl sites for hydroxylation is 1. The molecule has 8 nitrogen and oxygen atoms in total. The first-order valence-corrected chi connectivity index (χ1v) is 9.30. The average molecular weight is 338 g/mol. The molecule has 3 N–H and O–H groups in total. The van der Waals surface area contributed by atoms with Crippen LogP contribution in [0.1, 0.15) is 30.2 Å². The summed E-state index contributed by atoms with van der Waals surface area (Å²) in [7, 11) is -7.35. The van der Waals surface area contributed by atoms with E-state index in [-0.39, 0.29) is 23.0 Å². The molecule has 0 aliphatic heterocycles. The zero-order valence-electron chi connectivity index (χ0n) is 12.1. The maximum atomic E-state index is 11.9. The van der Waals surface area contributed by atoms with Crippen LogP contribution < -0.4 is 10.5 Å². The summed E-state index contributed by atoms with van der Waals surface area (Å²) in [6, 6.07) is 1.01. The summed E-state index contributed by atoms with van der Waals surface area (Å²) in [5.41, 5.74) is 0. The van der Waals surface area contributed by atoms with Gasteiger partial charge in [-0.05, 0) is 20.8 Å². The van der Waals surface area contributed by atoms with Crippen molar-refractivity contribution < 1.29 is 26.0 Å². The minimum absolute atomic E-state index is 0.00924. The first-order valence-electron chi connectivity index (χ1n) is 5.87. The van der Waals surface area contributed by atoms with E-state index in [0.717, 1.165) is 12.3 Å². The fourth-order valence-corrected chi connectivity index (χ4v) is 2.42. The highest BCUT2D eigenvalue weighted by atomic mass is 32.2. The molecule has 0 aromatic carbocycles. The molecule has 1 aromatic heterocycles. The van der Waals surface area contributed by atoms with E-state index in [0.29, 0.717) is 0 Å². The van der Waals surface area contributed by atoms with Gasteiger partial charge in [0.2, 0.25) is 10.0 Å². The van der Waals surface area contributed by atoms with Gasteiger partial charge in [-0.2, -0.15) is 0 Å². The Balaban J connectivity index is 2.93. The van der Waals surface area contributed by atoms with Gasteiger partial charge in [0.25, 0.3) is 5.91 Å². The van der Waals surface area contributed by atoms with Crippen molar-refractivity contribution in [2.45, 2.75) is 30.4 Å². The molecule has 1 rings (SSSR count). The highest BCUT2D eigenvalue weighted by Gasteiger charge is 2.31. The van der Waals surface area contributed by atoms with Crippen LogP contribution in [0.5, 0.6) is 0 Å². The Morgan fingerprint density at radius 1 is 1.33 bits per heavy atom. The third-order valence-electron chi connectivity index (χ3n) is 3.08. The molecule has 0 aliphatic rings. The summed E-state index contributed by atoms with van der Waals surface area (Å²) in [6.45, 7) is 4.14. The van der Waals surface area contributed by atoms with Crippen molar-refractivity contribution in [1.82, 2.24) is 5.32 Å². The number of furan rings is 1. The highest BCUT2D eigenvalue weighted by molar-refractivity contribution is 7.92. The predicted octanol–water partition coefficient (Wildman–Crippen LogP) is -0.212. The first kappa shape index (κ1) is 17.7. The number of carbonyl (C=O) groups excluding carboxylic acids is 1. The predicted molar refractivity (Wildman–Crippen MR) is 76.1 cm³/mol. The highest BCUT2D eigenvalue weighted by Crippen LogP contribution is 2.19. The Kier molecular flexibility index (Phi) is 4.56. The minimum Gasteiger partial charge on any atom is -0.455 e. The Morgan fingerprint density at radius 3 is 2.24 bits per heavy atom. The van der Waals surface area contributed by atoms with Crippen molar-refractivity contribution >= 4 is 25.8 Å². The lowest BCUT2D eigenvalue weighted by molar-refractivity contribution is 0.0921. The standard InChI is InChI=1S/C11H18N2O6S2/c1-7-9(21(12,17)18)5-8(19-7)10(14)13-6-11(2,3)20(4,15)16/h5H,6H2,1-4H3,(H,13,14)(H2,12,17,18). The number of sulfone groups is 1. The molecule has 0 saturated heterocycles. The third kappa shape index (κ3) is 4.05. The van der Waals surface area contributed by atoms with Crippen molar-refractivity contribution in [3.05, 3.63) is 17.6 Å². The fourth-order valence-electron chi connectivity index (χ4n) is 1.37. The number of rotatable bonds is 5. The van der Waals surface area contributed by atoms with Crippen molar-refractivity contribution in [2.24, 2.45) is 5.14 Å². The van der Waals surface area contributed by atoms with Gasteiger partial charge in [-0.25, -0.2) is 22.0 Å². The van der Waals surface area contributed by atoms with E-state index >= 15 is 0 Å². The van der Waals surface area contributed by atoms with Crippen molar-refractivity contribution in [3.8, 4) is 0 Å². The van der Waals surface area contributed by atoms with Gasteiger partial charge in [0.05, 0.1) is 4.75 Å². The number of primary sulfonamides is 1. The van der Waals surface area contributed by atoms with Crippen LogP contribution in [-0.2, 0) is 19.9 Å². The molecular formula is C11H18N2O6S2. The molecule has 0 unspecified atom stereocenters. The molecule has 120 valence electrons. The van der Waals surface area contributed by atoms with Crippen LogP contribution in [0.15, 0.2) is 15.4 Å². The van der Waals surface area contributed by atoms with E-state index < -0.39 is 30.5 Å². The van der Waals surface area contributed by atoms with Crippen LogP contribution in [0.4, 0.5) is 0 Å². The van der Waals surface area contributed by atoms with Gasteiger partial charge in [0, 0.05) is 18.9 Å². The van der Waals surface area contributed by atoms with Gasteiger partial charge in [-0.1, -0.05) is 0 Å². The maximum absolute atomic E-state index is 11.9. The van der Waals surface area contributed by atoms with E-state index in [2.05, 4.69) is 5.32 Å². The molecule has 1 heterocycles. The van der Waals surface area contributed by atoms with Gasteiger partial charge in [0.15, 0.2) is 15.6 Å². The molecule has 0 atom stereocenters. The molecule has 0 fully saturated rings. The summed E-state index contributed by atoms with van der Waals surface area (Å²) >= 11 is 0. The first-order chi connectivity index (χ1) is 9.25. The molecule has 0 saturated carbocycles. The van der Waals surface area contributed by atoms with Gasteiger partial charge < -0.3 is 9.73 Å². The molecule has 1 aromatic rings. The molecule has 21 heavy (non-hydrogen) atoms. The molecule has 0 bridgehead atoms. The van der Waals surface area contributed by atoms with Crippen LogP contribution >= 0.6 is 0 Å². The van der Waals surface area contributed by atoms with Crippen LogP contribution in [0, 0.1) is 6.92 Å². The quantitative estimate of drug-likeness (QED) is 0.762. The second-order valence-electron chi connectivity index (χ2n) is 5.29. The third-order valence-corrected chi connectivity index (χ3v) is 6.25. The van der Waals surface area contributed by atoms with Crippen LogP contribution in [0.3, 0.4) is 0 Å². The van der Waals surface area contributed by atoms with Gasteiger partial charge >= 0.3 is 0 Å². The molecule has 0 radical (unpaired) electrons.